The zero-order valence-corrected chi connectivity index (χ0v) is 10.8. The minimum Gasteiger partial charge on any atom is -0.465 e. The maximum absolute atomic E-state index is 14.2. The molecule has 1 saturated heterocycles. The molecule has 0 saturated carbocycles. The molecule has 1 aromatic rings. The van der Waals surface area contributed by atoms with E-state index in [2.05, 4.69) is 4.74 Å². The lowest BCUT2D eigenvalue weighted by molar-refractivity contribution is 0.0595. The second kappa shape index (κ2) is 5.82. The summed E-state index contributed by atoms with van der Waals surface area (Å²) in [5, 5.41) is 0. The summed E-state index contributed by atoms with van der Waals surface area (Å²) in [6.07, 6.45) is 2.96. The number of methoxy groups -OCH3 is 1. The molecule has 19 heavy (non-hydrogen) atoms. The molecule has 2 rings (SSSR count). The number of esters is 1. The molecule has 1 heterocycles. The Bertz CT molecular complexity index is 495. The first-order chi connectivity index (χ1) is 9.15. The maximum atomic E-state index is 14.2. The Morgan fingerprint density at radius 2 is 1.79 bits per heavy atom. The van der Waals surface area contributed by atoms with Gasteiger partial charge in [-0.25, -0.2) is 9.18 Å². The van der Waals surface area contributed by atoms with Crippen LogP contribution in [0.1, 0.15) is 40.0 Å². The summed E-state index contributed by atoms with van der Waals surface area (Å²) >= 11 is 0. The van der Waals surface area contributed by atoms with Crippen LogP contribution >= 0.6 is 0 Å². The molecule has 4 nitrogen and oxygen atoms in total. The summed E-state index contributed by atoms with van der Waals surface area (Å²) in [7, 11) is 1.18. The van der Waals surface area contributed by atoms with Crippen molar-refractivity contribution in [1.82, 2.24) is 4.90 Å². The van der Waals surface area contributed by atoms with E-state index in [-0.39, 0.29) is 17.0 Å². The number of piperidine rings is 1. The molecule has 0 radical (unpaired) electrons. The van der Waals surface area contributed by atoms with Gasteiger partial charge in [0.25, 0.3) is 5.91 Å². The molecule has 1 amide bonds. The zero-order valence-electron chi connectivity index (χ0n) is 10.8. The van der Waals surface area contributed by atoms with E-state index in [1.807, 2.05) is 0 Å². The molecule has 1 fully saturated rings. The smallest absolute Gasteiger partial charge is 0.340 e. The first-order valence-corrected chi connectivity index (χ1v) is 6.31. The molecule has 0 aromatic heterocycles. The quantitative estimate of drug-likeness (QED) is 0.770. The Labute approximate surface area is 111 Å². The van der Waals surface area contributed by atoms with Gasteiger partial charge in [0, 0.05) is 13.1 Å². The fraction of sp³-hybridized carbons (Fsp3) is 0.429. The van der Waals surface area contributed by atoms with Crippen LogP contribution in [0.3, 0.4) is 0 Å². The Morgan fingerprint density at radius 1 is 1.16 bits per heavy atom. The van der Waals surface area contributed by atoms with E-state index in [1.165, 1.54) is 25.3 Å². The van der Waals surface area contributed by atoms with E-state index in [0.29, 0.717) is 13.1 Å². The van der Waals surface area contributed by atoms with Gasteiger partial charge in [0.05, 0.1) is 18.2 Å². The third kappa shape index (κ3) is 2.75. The van der Waals surface area contributed by atoms with Gasteiger partial charge in [0.15, 0.2) is 0 Å². The Balaban J connectivity index is 2.29. The standard InChI is InChI=1S/C14H16FNO3/c1-19-14(18)11-7-5-6-10(12(11)15)13(17)16-8-3-2-4-9-16/h5-7H,2-4,8-9H2,1H3. The number of carbonyl (C=O) groups excluding carboxylic acids is 2. The van der Waals surface area contributed by atoms with Crippen molar-refractivity contribution < 1.29 is 18.7 Å². The normalized spacial score (nSPS) is 15.2. The molecule has 0 unspecified atom stereocenters. The second-order valence-electron chi connectivity index (χ2n) is 4.51. The second-order valence-corrected chi connectivity index (χ2v) is 4.51. The van der Waals surface area contributed by atoms with E-state index >= 15 is 0 Å². The van der Waals surface area contributed by atoms with Crippen LogP contribution in [-0.2, 0) is 4.74 Å². The first-order valence-electron chi connectivity index (χ1n) is 6.31. The molecule has 0 spiro atoms. The van der Waals surface area contributed by atoms with Gasteiger partial charge in [0.1, 0.15) is 5.82 Å². The number of benzene rings is 1. The predicted octanol–water partition coefficient (Wildman–Crippen LogP) is 2.24. The van der Waals surface area contributed by atoms with Gasteiger partial charge < -0.3 is 9.64 Å². The summed E-state index contributed by atoms with van der Waals surface area (Å²) in [5.74, 6) is -1.93. The van der Waals surface area contributed by atoms with Gasteiger partial charge in [-0.1, -0.05) is 6.07 Å². The van der Waals surface area contributed by atoms with Crippen molar-refractivity contribution >= 4 is 11.9 Å². The average molecular weight is 265 g/mol. The third-order valence-corrected chi connectivity index (χ3v) is 3.28. The highest BCUT2D eigenvalue weighted by Crippen LogP contribution is 2.18. The Morgan fingerprint density at radius 3 is 2.42 bits per heavy atom. The van der Waals surface area contributed by atoms with Gasteiger partial charge in [-0.15, -0.1) is 0 Å². The van der Waals surface area contributed by atoms with Crippen molar-refractivity contribution in [3.05, 3.63) is 35.1 Å². The number of rotatable bonds is 2. The monoisotopic (exact) mass is 265 g/mol. The van der Waals surface area contributed by atoms with E-state index in [0.717, 1.165) is 19.3 Å². The minimum absolute atomic E-state index is 0.0650. The summed E-state index contributed by atoms with van der Waals surface area (Å²) in [5.41, 5.74) is -0.268. The highest BCUT2D eigenvalue weighted by Gasteiger charge is 2.24. The lowest BCUT2D eigenvalue weighted by atomic mass is 10.1. The van der Waals surface area contributed by atoms with Crippen LogP contribution in [0, 0.1) is 5.82 Å². The highest BCUT2D eigenvalue weighted by molar-refractivity contribution is 5.98. The number of hydrogen-bond donors (Lipinski definition) is 0. The largest absolute Gasteiger partial charge is 0.465 e. The SMILES string of the molecule is COC(=O)c1cccc(C(=O)N2CCCCC2)c1F. The van der Waals surface area contributed by atoms with Crippen molar-refractivity contribution in [1.29, 1.82) is 0 Å². The highest BCUT2D eigenvalue weighted by atomic mass is 19.1. The molecule has 1 aromatic carbocycles. The number of likely N-dealkylation sites (tertiary alicyclic amines) is 1. The number of halogens is 1. The summed E-state index contributed by atoms with van der Waals surface area (Å²) in [6, 6.07) is 4.21. The third-order valence-electron chi connectivity index (χ3n) is 3.28. The molecular weight excluding hydrogens is 249 g/mol. The lowest BCUT2D eigenvalue weighted by Crippen LogP contribution is -2.36. The van der Waals surface area contributed by atoms with Crippen molar-refractivity contribution in [3.63, 3.8) is 0 Å². The van der Waals surface area contributed by atoms with Crippen LogP contribution in [0.25, 0.3) is 0 Å². The molecule has 1 aliphatic heterocycles. The zero-order chi connectivity index (χ0) is 13.8. The molecule has 0 atom stereocenters. The molecular formula is C14H16FNO3. The van der Waals surface area contributed by atoms with E-state index in [4.69, 9.17) is 0 Å². The average Bonchev–Trinajstić information content (AvgIpc) is 2.47. The van der Waals surface area contributed by atoms with Crippen LogP contribution in [0.2, 0.25) is 0 Å². The summed E-state index contributed by atoms with van der Waals surface area (Å²) in [4.78, 5) is 25.2. The van der Waals surface area contributed by atoms with Crippen LogP contribution < -0.4 is 0 Å². The fourth-order valence-electron chi connectivity index (χ4n) is 2.23. The minimum atomic E-state index is -0.801. The van der Waals surface area contributed by atoms with E-state index < -0.39 is 11.8 Å². The lowest BCUT2D eigenvalue weighted by Gasteiger charge is -2.27. The predicted molar refractivity (Wildman–Crippen MR) is 67.5 cm³/mol. The van der Waals surface area contributed by atoms with Crippen molar-refractivity contribution in [2.45, 2.75) is 19.3 Å². The summed E-state index contributed by atoms with van der Waals surface area (Å²) < 4.78 is 18.7. The maximum Gasteiger partial charge on any atom is 0.340 e. The first kappa shape index (κ1) is 13.5. The molecule has 0 bridgehead atoms. The molecule has 5 heteroatoms. The number of amides is 1. The fourth-order valence-corrected chi connectivity index (χ4v) is 2.23. The molecule has 1 aliphatic rings. The van der Waals surface area contributed by atoms with E-state index in [1.54, 1.807) is 4.90 Å². The topological polar surface area (TPSA) is 46.6 Å². The van der Waals surface area contributed by atoms with Crippen LogP contribution in [0.4, 0.5) is 4.39 Å². The molecule has 102 valence electrons. The number of ether oxygens (including phenoxy) is 1. The van der Waals surface area contributed by atoms with Crippen LogP contribution in [0.15, 0.2) is 18.2 Å². The van der Waals surface area contributed by atoms with Crippen molar-refractivity contribution in [2.75, 3.05) is 20.2 Å². The Hall–Kier alpha value is -1.91. The number of nitrogens with zero attached hydrogens (tertiary/aromatic N) is 1. The van der Waals surface area contributed by atoms with Gasteiger partial charge in [-0.2, -0.15) is 0 Å². The Kier molecular flexibility index (Phi) is 4.14. The van der Waals surface area contributed by atoms with Gasteiger partial charge >= 0.3 is 5.97 Å². The van der Waals surface area contributed by atoms with Crippen LogP contribution in [-0.4, -0.2) is 37.0 Å². The van der Waals surface area contributed by atoms with Crippen molar-refractivity contribution in [2.24, 2.45) is 0 Å². The van der Waals surface area contributed by atoms with Gasteiger partial charge in [-0.05, 0) is 31.4 Å². The summed E-state index contributed by atoms with van der Waals surface area (Å²) in [6.45, 7) is 1.28. The van der Waals surface area contributed by atoms with Crippen LogP contribution in [0.5, 0.6) is 0 Å². The molecule has 0 N–H and O–H groups in total. The molecule has 0 aliphatic carbocycles. The van der Waals surface area contributed by atoms with Crippen molar-refractivity contribution in [3.8, 4) is 0 Å². The van der Waals surface area contributed by atoms with Gasteiger partial charge in [0.2, 0.25) is 0 Å². The van der Waals surface area contributed by atoms with E-state index in [9.17, 15) is 14.0 Å². The number of carbonyl (C=O) groups is 2. The number of hydrogen-bond acceptors (Lipinski definition) is 3. The van der Waals surface area contributed by atoms with Gasteiger partial charge in [-0.3, -0.25) is 4.79 Å².